The first-order valence-electron chi connectivity index (χ1n) is 15.2. The van der Waals surface area contributed by atoms with Gasteiger partial charge in [-0.15, -0.1) is 0 Å². The summed E-state index contributed by atoms with van der Waals surface area (Å²) >= 11 is 1.22. The van der Waals surface area contributed by atoms with E-state index in [1.165, 1.54) is 11.8 Å². The largest absolute Gasteiger partial charge is 0.495 e. The van der Waals surface area contributed by atoms with Crippen molar-refractivity contribution in [1.82, 2.24) is 20.9 Å². The number of aliphatic carboxylic acids is 2. The van der Waals surface area contributed by atoms with E-state index in [0.29, 0.717) is 24.5 Å². The molecule has 0 aliphatic carbocycles. The van der Waals surface area contributed by atoms with Gasteiger partial charge in [0.15, 0.2) is 11.1 Å². The van der Waals surface area contributed by atoms with E-state index in [1.54, 1.807) is 6.08 Å². The molecular formula is C33H43N4O6S+. The molecule has 10 nitrogen and oxygen atoms in total. The van der Waals surface area contributed by atoms with Gasteiger partial charge in [0.2, 0.25) is 10.7 Å². The Labute approximate surface area is 261 Å². The molecule has 11 heteroatoms. The average Bonchev–Trinajstić information content (AvgIpc) is 3.13. The molecule has 1 amide bonds. The number of H-pyrrole nitrogens is 1. The molecular weight excluding hydrogens is 580 g/mol. The van der Waals surface area contributed by atoms with E-state index in [0.717, 1.165) is 50.6 Å². The Morgan fingerprint density at radius 2 is 1.68 bits per heavy atom. The van der Waals surface area contributed by atoms with E-state index >= 15 is 0 Å². The van der Waals surface area contributed by atoms with Crippen LogP contribution in [0.5, 0.6) is 0 Å². The van der Waals surface area contributed by atoms with Crippen LogP contribution in [0.25, 0.3) is 12.2 Å². The number of thiol groups is 1. The molecule has 4 aliphatic rings. The molecule has 236 valence electrons. The van der Waals surface area contributed by atoms with Crippen LogP contribution in [0.4, 0.5) is 0 Å². The zero-order valence-electron chi connectivity index (χ0n) is 25.9. The molecule has 4 aliphatic heterocycles. The number of aromatic nitrogens is 1. The molecule has 1 spiro atoms. The highest BCUT2D eigenvalue weighted by atomic mass is 32.2. The third-order valence-electron chi connectivity index (χ3n) is 9.98. The van der Waals surface area contributed by atoms with Crippen molar-refractivity contribution in [2.24, 2.45) is 11.8 Å². The van der Waals surface area contributed by atoms with Crippen LogP contribution < -0.4 is 16.0 Å². The third kappa shape index (κ3) is 5.58. The number of allylic oxidation sites excluding steroid dienone is 2. The first-order valence-corrected chi connectivity index (χ1v) is 16.1. The molecule has 6 atom stereocenters. The van der Waals surface area contributed by atoms with Crippen molar-refractivity contribution in [3.8, 4) is 0 Å². The number of carbonyl (C=O) groups excluding carboxylic acids is 1. The fourth-order valence-electron chi connectivity index (χ4n) is 7.12. The maximum absolute atomic E-state index is 12.6. The van der Waals surface area contributed by atoms with Gasteiger partial charge in [-0.3, -0.25) is 14.4 Å². The number of hydrogen-bond acceptors (Lipinski definition) is 6. The van der Waals surface area contributed by atoms with Gasteiger partial charge in [-0.05, 0) is 93.1 Å². The van der Waals surface area contributed by atoms with Gasteiger partial charge in [0.05, 0.1) is 11.6 Å². The maximum Gasteiger partial charge on any atom is 0.303 e. The van der Waals surface area contributed by atoms with Crippen molar-refractivity contribution < 1.29 is 29.7 Å². The number of rotatable bonds is 11. The Morgan fingerprint density at radius 3 is 2.27 bits per heavy atom. The normalized spacial score (nSPS) is 31.2. The lowest BCUT2D eigenvalue weighted by Crippen LogP contribution is -2.36. The smallest absolute Gasteiger partial charge is 0.303 e. The predicted octanol–water partition coefficient (Wildman–Crippen LogP) is 3.85. The molecule has 44 heavy (non-hydrogen) atoms. The lowest BCUT2D eigenvalue weighted by atomic mass is 9.90. The number of carboxylic acids is 2. The number of carboxylic acid groups (broad SMARTS) is 2. The molecule has 3 unspecified atom stereocenters. The molecule has 0 radical (unpaired) electrons. The zero-order valence-corrected chi connectivity index (χ0v) is 26.8. The van der Waals surface area contributed by atoms with E-state index in [1.807, 2.05) is 39.8 Å². The number of nitrogens with one attached hydrogen (secondary N) is 4. The highest BCUT2D eigenvalue weighted by molar-refractivity contribution is 7.89. The Morgan fingerprint density at radius 1 is 1.02 bits per heavy atom. The van der Waals surface area contributed by atoms with E-state index < -0.39 is 11.9 Å². The molecule has 5 rings (SSSR count). The molecule has 0 saturated carbocycles. The van der Waals surface area contributed by atoms with E-state index in [-0.39, 0.29) is 53.3 Å². The summed E-state index contributed by atoms with van der Waals surface area (Å²) in [5.41, 5.74) is 7.80. The van der Waals surface area contributed by atoms with Crippen molar-refractivity contribution in [3.05, 3.63) is 69.2 Å². The van der Waals surface area contributed by atoms with E-state index in [2.05, 4.69) is 34.4 Å². The highest BCUT2D eigenvalue weighted by Crippen LogP contribution is 2.52. The first kappa shape index (κ1) is 31.6. The van der Waals surface area contributed by atoms with Crippen LogP contribution in [-0.2, 0) is 32.6 Å². The standard InChI is InChI=1S/C33H42N4O6S/c1-7-20-15(2)24(36-32(20)43)12-23-16(3)21(8-10-29(38)39)26(34-23)13-27-22(9-11-30(40)41)17(4)25(35-27)14-28-33(19(6)44-33)18(5)31(42)37-28/h7,13-15,18-19,23-24,34-36,43H,1,8-12H2,2-6H3,(H,37,42)(H,38,39)(H,40,41)/p+1/b26-13+,28-14-/t15?,18-,19?,23?,24+,33+/m0/s1. The second kappa shape index (κ2) is 11.9. The van der Waals surface area contributed by atoms with Crippen LogP contribution in [0, 0.1) is 18.8 Å². The van der Waals surface area contributed by atoms with Gasteiger partial charge in [0.1, 0.15) is 0 Å². The summed E-state index contributed by atoms with van der Waals surface area (Å²) in [6.45, 7) is 14.0. The summed E-state index contributed by atoms with van der Waals surface area (Å²) in [4.78, 5) is 39.3. The fourth-order valence-corrected chi connectivity index (χ4v) is 8.65. The second-order valence-electron chi connectivity index (χ2n) is 12.4. The van der Waals surface area contributed by atoms with Gasteiger partial charge >= 0.3 is 11.9 Å². The monoisotopic (exact) mass is 623 g/mol. The zero-order chi connectivity index (χ0) is 32.1. The van der Waals surface area contributed by atoms with Gasteiger partial charge < -0.3 is 36.3 Å². The summed E-state index contributed by atoms with van der Waals surface area (Å²) in [5, 5.41) is 39.6. The van der Waals surface area contributed by atoms with Crippen molar-refractivity contribution >= 4 is 41.8 Å². The SMILES string of the molecule is C=CC1=C(O)N[C@H](CC2N/C(=C/c3[nH]c(/C=C4\NC(=O)[C@H](C)[C@]45[SH+]C5C)c(C)c3CCC(=O)O)C(CCC(=O)O)=C2C)C1C. The summed E-state index contributed by atoms with van der Waals surface area (Å²) in [6.07, 6.45) is 6.89. The van der Waals surface area contributed by atoms with Crippen molar-refractivity contribution in [2.45, 2.75) is 88.8 Å². The summed E-state index contributed by atoms with van der Waals surface area (Å²) < 4.78 is -0.210. The average molecular weight is 624 g/mol. The lowest BCUT2D eigenvalue weighted by molar-refractivity contribution is -0.138. The van der Waals surface area contributed by atoms with Crippen LogP contribution in [0.3, 0.4) is 0 Å². The van der Waals surface area contributed by atoms with Gasteiger partial charge in [-0.1, -0.05) is 19.6 Å². The quantitative estimate of drug-likeness (QED) is 0.111. The summed E-state index contributed by atoms with van der Waals surface area (Å²) in [6, 6.07) is -0.125. The summed E-state index contributed by atoms with van der Waals surface area (Å²) in [5.74, 6) is -1.68. The molecule has 0 bridgehead atoms. The Hall–Kier alpha value is -3.86. The minimum Gasteiger partial charge on any atom is -0.495 e. The fraction of sp³-hybridized carbons (Fsp3) is 0.485. The number of hydrogen-bond donors (Lipinski definition) is 7. The molecule has 0 aromatic carbocycles. The predicted molar refractivity (Wildman–Crippen MR) is 173 cm³/mol. The van der Waals surface area contributed by atoms with Gasteiger partial charge in [0.25, 0.3) is 0 Å². The number of amides is 1. The van der Waals surface area contributed by atoms with E-state index in [9.17, 15) is 29.7 Å². The second-order valence-corrected chi connectivity index (χ2v) is 14.2. The topological polar surface area (TPSA) is 164 Å². The number of aromatic amines is 1. The van der Waals surface area contributed by atoms with Crippen LogP contribution in [0.2, 0.25) is 0 Å². The van der Waals surface area contributed by atoms with Gasteiger partial charge in [0, 0.05) is 53.5 Å². The molecule has 5 heterocycles. The summed E-state index contributed by atoms with van der Waals surface area (Å²) in [7, 11) is 0. The Kier molecular flexibility index (Phi) is 8.54. The highest BCUT2D eigenvalue weighted by Gasteiger charge is 2.75. The number of aliphatic hydroxyl groups is 1. The van der Waals surface area contributed by atoms with Gasteiger partial charge in [-0.25, -0.2) is 0 Å². The maximum atomic E-state index is 12.6. The van der Waals surface area contributed by atoms with Crippen molar-refractivity contribution in [2.75, 3.05) is 0 Å². The van der Waals surface area contributed by atoms with Crippen LogP contribution in [0.15, 0.2) is 46.7 Å². The Balaban J connectivity index is 1.51. The Bertz CT molecular complexity index is 1550. The minimum absolute atomic E-state index is 0.0189. The van der Waals surface area contributed by atoms with Gasteiger partial charge in [-0.2, -0.15) is 0 Å². The van der Waals surface area contributed by atoms with Crippen molar-refractivity contribution in [3.63, 3.8) is 0 Å². The van der Waals surface area contributed by atoms with Crippen LogP contribution in [0.1, 0.15) is 75.9 Å². The molecule has 2 saturated heterocycles. The van der Waals surface area contributed by atoms with Crippen LogP contribution in [-0.4, -0.2) is 60.2 Å². The molecule has 7 N–H and O–H groups in total. The van der Waals surface area contributed by atoms with E-state index in [4.69, 9.17) is 0 Å². The lowest BCUT2D eigenvalue weighted by Gasteiger charge is -2.23. The minimum atomic E-state index is -0.892. The molecule has 2 fully saturated rings. The molecule has 1 aromatic rings. The number of aliphatic hydroxyl groups excluding tert-OH is 1. The van der Waals surface area contributed by atoms with Crippen molar-refractivity contribution in [1.29, 1.82) is 0 Å². The first-order chi connectivity index (χ1) is 20.8. The van der Waals surface area contributed by atoms with Crippen LogP contribution >= 0.6 is 0 Å². The third-order valence-corrected chi connectivity index (χ3v) is 11.9. The number of carbonyl (C=O) groups is 3. The molecule has 1 aromatic heterocycles.